The van der Waals surface area contributed by atoms with E-state index in [4.69, 9.17) is 20.4 Å². The summed E-state index contributed by atoms with van der Waals surface area (Å²) >= 11 is 0. The number of amides is 2. The summed E-state index contributed by atoms with van der Waals surface area (Å²) in [5.41, 5.74) is 5.40. The van der Waals surface area contributed by atoms with Crippen LogP contribution in [-0.4, -0.2) is 52.4 Å². The van der Waals surface area contributed by atoms with Crippen LogP contribution in [0.1, 0.15) is 24.1 Å². The topological polar surface area (TPSA) is 118 Å². The number of carbonyl (C=O) groups is 2. The lowest BCUT2D eigenvalue weighted by Crippen LogP contribution is -2.46. The molecule has 14 heteroatoms. The number of nitrogens with one attached hydrogen (secondary N) is 1. The van der Waals surface area contributed by atoms with Gasteiger partial charge in [-0.05, 0) is 36.6 Å². The van der Waals surface area contributed by atoms with E-state index < -0.39 is 30.1 Å². The molecule has 1 aliphatic heterocycles. The molecule has 0 radical (unpaired) electrons. The van der Waals surface area contributed by atoms with Crippen LogP contribution in [0.5, 0.6) is 5.88 Å². The van der Waals surface area contributed by atoms with Crippen LogP contribution in [0, 0.1) is 0 Å². The molecule has 2 heterocycles. The number of hydrogen-bond donors (Lipinski definition) is 3. The zero-order chi connectivity index (χ0) is 26.2. The van der Waals surface area contributed by atoms with Gasteiger partial charge in [-0.25, -0.2) is 14.6 Å². The number of piperidine rings is 1. The fraction of sp³-hybridized carbons (Fsp3) is 0.381. The molecule has 3 rings (SSSR count). The van der Waals surface area contributed by atoms with Crippen molar-refractivity contribution in [3.8, 4) is 5.88 Å². The lowest BCUT2D eigenvalue weighted by molar-refractivity contribution is -0.192. The number of urea groups is 1. The lowest BCUT2D eigenvalue weighted by Gasteiger charge is -2.32. The van der Waals surface area contributed by atoms with Gasteiger partial charge < -0.3 is 25.8 Å². The van der Waals surface area contributed by atoms with Gasteiger partial charge in [0.25, 0.3) is 0 Å². The molecule has 1 fully saturated rings. The Labute approximate surface area is 195 Å². The molecule has 0 bridgehead atoms. The molecule has 192 valence electrons. The van der Waals surface area contributed by atoms with Crippen molar-refractivity contribution in [2.24, 2.45) is 5.73 Å². The van der Waals surface area contributed by atoms with E-state index in [2.05, 4.69) is 10.3 Å². The van der Waals surface area contributed by atoms with Crippen LogP contribution in [0.3, 0.4) is 0 Å². The number of rotatable bonds is 4. The molecule has 0 spiro atoms. The summed E-state index contributed by atoms with van der Waals surface area (Å²) in [6.07, 6.45) is -8.82. The van der Waals surface area contributed by atoms with Crippen molar-refractivity contribution >= 4 is 17.7 Å². The Balaban J connectivity index is 0.000000540. The number of aromatic nitrogens is 1. The molecular formula is C21H22F6N4O4. The number of para-hydroxylation sites is 1. The normalized spacial score (nSPS) is 16.1. The first-order chi connectivity index (χ1) is 16.3. The molecule has 1 aromatic heterocycles. The third-order valence-corrected chi connectivity index (χ3v) is 4.61. The summed E-state index contributed by atoms with van der Waals surface area (Å²) < 4.78 is 76.5. The first kappa shape index (κ1) is 27.7. The summed E-state index contributed by atoms with van der Waals surface area (Å²) in [7, 11) is 0. The Morgan fingerprint density at radius 1 is 1.14 bits per heavy atom. The maximum atomic E-state index is 13.0. The number of halogens is 6. The van der Waals surface area contributed by atoms with E-state index in [1.165, 1.54) is 6.07 Å². The number of nitrogens with two attached hydrogens (primary N) is 1. The molecule has 0 aliphatic carbocycles. The van der Waals surface area contributed by atoms with Crippen molar-refractivity contribution in [1.82, 2.24) is 9.88 Å². The van der Waals surface area contributed by atoms with Crippen LogP contribution in [0.15, 0.2) is 42.5 Å². The van der Waals surface area contributed by atoms with E-state index in [0.29, 0.717) is 25.1 Å². The van der Waals surface area contributed by atoms with Crippen molar-refractivity contribution < 1.29 is 45.8 Å². The van der Waals surface area contributed by atoms with Crippen LogP contribution < -0.4 is 15.8 Å². The highest BCUT2D eigenvalue weighted by Gasteiger charge is 2.38. The van der Waals surface area contributed by atoms with Crippen LogP contribution >= 0.6 is 0 Å². The minimum absolute atomic E-state index is 0.0573. The predicted molar refractivity (Wildman–Crippen MR) is 112 cm³/mol. The number of alkyl halides is 6. The van der Waals surface area contributed by atoms with E-state index in [-0.39, 0.29) is 30.6 Å². The summed E-state index contributed by atoms with van der Waals surface area (Å²) in [6.45, 7) is 0.745. The maximum Gasteiger partial charge on any atom is 0.490 e. The number of likely N-dealkylation sites (tertiary alicyclic amines) is 1. The van der Waals surface area contributed by atoms with Crippen molar-refractivity contribution in [1.29, 1.82) is 0 Å². The first-order valence-corrected chi connectivity index (χ1v) is 10.2. The number of anilines is 1. The summed E-state index contributed by atoms with van der Waals surface area (Å²) in [5.74, 6) is -2.89. The van der Waals surface area contributed by atoms with Crippen LogP contribution in [-0.2, 0) is 17.5 Å². The summed E-state index contributed by atoms with van der Waals surface area (Å²) in [6, 6.07) is 11.1. The van der Waals surface area contributed by atoms with Gasteiger partial charge in [0.15, 0.2) is 0 Å². The van der Waals surface area contributed by atoms with E-state index in [0.717, 1.165) is 6.07 Å². The van der Waals surface area contributed by atoms with Gasteiger partial charge in [-0.3, -0.25) is 0 Å². The Kier molecular flexibility index (Phi) is 9.28. The van der Waals surface area contributed by atoms with E-state index in [9.17, 15) is 31.1 Å². The maximum absolute atomic E-state index is 13.0. The number of carboxylic acid groups (broad SMARTS) is 1. The molecular weight excluding hydrogens is 486 g/mol. The molecule has 1 saturated heterocycles. The molecule has 35 heavy (non-hydrogen) atoms. The van der Waals surface area contributed by atoms with Gasteiger partial charge >= 0.3 is 24.4 Å². The second-order valence-electron chi connectivity index (χ2n) is 7.33. The number of ether oxygens (including phenoxy) is 1. The zero-order valence-corrected chi connectivity index (χ0v) is 18.1. The summed E-state index contributed by atoms with van der Waals surface area (Å²) in [4.78, 5) is 26.5. The smallest absolute Gasteiger partial charge is 0.475 e. The Bertz CT molecular complexity index is 1000. The zero-order valence-electron chi connectivity index (χ0n) is 18.1. The largest absolute Gasteiger partial charge is 0.490 e. The van der Waals surface area contributed by atoms with Crippen LogP contribution in [0.2, 0.25) is 0 Å². The second kappa shape index (κ2) is 11.7. The first-order valence-electron chi connectivity index (χ1n) is 10.2. The highest BCUT2D eigenvalue weighted by Crippen LogP contribution is 2.30. The number of nitrogens with zero attached hydrogens (tertiary/aromatic N) is 2. The van der Waals surface area contributed by atoms with Gasteiger partial charge in [0, 0.05) is 24.8 Å². The van der Waals surface area contributed by atoms with Gasteiger partial charge in [-0.1, -0.05) is 18.2 Å². The Morgan fingerprint density at radius 2 is 1.77 bits per heavy atom. The molecule has 1 aliphatic rings. The number of carbonyl (C=O) groups excluding carboxylic acids is 1. The van der Waals surface area contributed by atoms with Crippen LogP contribution in [0.4, 0.5) is 36.8 Å². The molecule has 2 aromatic rings. The van der Waals surface area contributed by atoms with Crippen molar-refractivity contribution in [2.45, 2.75) is 37.8 Å². The minimum Gasteiger partial charge on any atom is -0.475 e. The van der Waals surface area contributed by atoms with E-state index in [1.54, 1.807) is 17.0 Å². The lowest BCUT2D eigenvalue weighted by atomic mass is 10.1. The number of benzene rings is 1. The Hall–Kier alpha value is -3.55. The highest BCUT2D eigenvalue weighted by molar-refractivity contribution is 5.89. The minimum atomic E-state index is -5.08. The van der Waals surface area contributed by atoms with E-state index >= 15 is 0 Å². The standard InChI is InChI=1S/C19H21F3N4O2.C2HF3O2/c20-19(21,22)16-9-13(11-23)10-17(25-16)28-15-7-4-8-26(12-15)18(27)24-14-5-2-1-3-6-14;3-2(4,5)1(6)7/h1-3,5-6,9-10,15H,4,7-8,11-12,23H2,(H,24,27);(H,6,7)/t15-;/m0./s1. The van der Waals surface area contributed by atoms with Gasteiger partial charge in [0.05, 0.1) is 6.54 Å². The quantitative estimate of drug-likeness (QED) is 0.531. The second-order valence-corrected chi connectivity index (χ2v) is 7.33. The third kappa shape index (κ3) is 8.96. The number of aliphatic carboxylic acids is 1. The molecule has 2 amide bonds. The van der Waals surface area contributed by atoms with Gasteiger partial charge in [0.1, 0.15) is 11.8 Å². The predicted octanol–water partition coefficient (Wildman–Crippen LogP) is 4.27. The number of pyridine rings is 1. The molecule has 8 nitrogen and oxygen atoms in total. The molecule has 0 saturated carbocycles. The number of carboxylic acids is 1. The average Bonchev–Trinajstić information content (AvgIpc) is 2.79. The van der Waals surface area contributed by atoms with Crippen molar-refractivity contribution in [3.63, 3.8) is 0 Å². The van der Waals surface area contributed by atoms with Gasteiger partial charge in [-0.2, -0.15) is 26.3 Å². The number of hydrogen-bond acceptors (Lipinski definition) is 5. The average molecular weight is 508 g/mol. The van der Waals surface area contributed by atoms with Crippen LogP contribution in [0.25, 0.3) is 0 Å². The van der Waals surface area contributed by atoms with Crippen molar-refractivity contribution in [3.05, 3.63) is 53.7 Å². The summed E-state index contributed by atoms with van der Waals surface area (Å²) in [5, 5.41) is 9.92. The van der Waals surface area contributed by atoms with Crippen molar-refractivity contribution in [2.75, 3.05) is 18.4 Å². The molecule has 1 aromatic carbocycles. The molecule has 0 unspecified atom stereocenters. The Morgan fingerprint density at radius 3 is 2.31 bits per heavy atom. The molecule has 1 atom stereocenters. The third-order valence-electron chi connectivity index (χ3n) is 4.61. The van der Waals surface area contributed by atoms with E-state index in [1.807, 2.05) is 18.2 Å². The van der Waals surface area contributed by atoms with Gasteiger partial charge in [0.2, 0.25) is 5.88 Å². The SMILES string of the molecule is NCc1cc(O[C@H]2CCCN(C(=O)Nc3ccccc3)C2)nc(C(F)(F)F)c1.O=C(O)C(F)(F)F. The van der Waals surface area contributed by atoms with Gasteiger partial charge in [-0.15, -0.1) is 0 Å². The molecule has 4 N–H and O–H groups in total. The monoisotopic (exact) mass is 508 g/mol. The fourth-order valence-electron chi connectivity index (χ4n) is 3.00. The highest BCUT2D eigenvalue weighted by atomic mass is 19.4. The fourth-order valence-corrected chi connectivity index (χ4v) is 3.00.